The zero-order chi connectivity index (χ0) is 22.5. The van der Waals surface area contributed by atoms with E-state index in [1.165, 1.54) is 0 Å². The molecule has 168 valence electrons. The Morgan fingerprint density at radius 1 is 1.16 bits per heavy atom. The number of guanidine groups is 1. The third-order valence-corrected chi connectivity index (χ3v) is 7.70. The topological polar surface area (TPSA) is 51.6 Å². The van der Waals surface area contributed by atoms with Crippen molar-refractivity contribution in [3.8, 4) is 5.75 Å². The number of hydrogen-bond acceptors (Lipinski definition) is 3. The fourth-order valence-electron chi connectivity index (χ4n) is 3.46. The third-order valence-electron chi connectivity index (χ3n) is 4.91. The number of hydrogen-bond donors (Lipinski definition) is 0. The first kappa shape index (κ1) is 23.1. The molecule has 0 unspecified atom stereocenters. The van der Waals surface area contributed by atoms with Crippen LogP contribution in [-0.2, 0) is 6.54 Å². The monoisotopic (exact) mass is 540 g/mol. The summed E-state index contributed by atoms with van der Waals surface area (Å²) in [6, 6.07) is 13.3. The molecule has 1 aliphatic rings. The van der Waals surface area contributed by atoms with E-state index in [1.807, 2.05) is 53.2 Å². The first-order chi connectivity index (χ1) is 14.8. The molecular weight excluding hydrogens is 512 g/mol. The summed E-state index contributed by atoms with van der Waals surface area (Å²) >= 11 is -0.606. The number of urea groups is 1. The van der Waals surface area contributed by atoms with Crippen LogP contribution < -0.4 is 25.9 Å². The van der Waals surface area contributed by atoms with Gasteiger partial charge in [-0.1, -0.05) is 0 Å². The second-order valence-corrected chi connectivity index (χ2v) is 10.3. The molecule has 2 amide bonds. The van der Waals surface area contributed by atoms with Crippen LogP contribution in [0.1, 0.15) is 5.56 Å². The van der Waals surface area contributed by atoms with Gasteiger partial charge in [0.15, 0.2) is 0 Å². The van der Waals surface area contributed by atoms with E-state index in [4.69, 9.17) is 4.74 Å². The summed E-state index contributed by atoms with van der Waals surface area (Å²) in [7, 11) is 8.81. The number of halogens is 2. The molecule has 2 aromatic carbocycles. The molecule has 0 spiro atoms. The van der Waals surface area contributed by atoms with Crippen molar-refractivity contribution in [1.29, 1.82) is 0 Å². The summed E-state index contributed by atoms with van der Waals surface area (Å²) < 4.78 is 21.9. The van der Waals surface area contributed by atoms with Crippen LogP contribution >= 0.6 is 0 Å². The van der Waals surface area contributed by atoms with E-state index < -0.39 is 21.2 Å². The predicted molar refractivity (Wildman–Crippen MR) is 114 cm³/mol. The first-order valence-electron chi connectivity index (χ1n) is 9.78. The van der Waals surface area contributed by atoms with Crippen LogP contribution in [0.5, 0.6) is 5.75 Å². The van der Waals surface area contributed by atoms with Gasteiger partial charge in [0, 0.05) is 0 Å². The molecule has 7 nitrogen and oxygen atoms in total. The Kier molecular flexibility index (Phi) is 7.58. The summed E-state index contributed by atoms with van der Waals surface area (Å²) in [5, 5.41) is 0. The molecule has 0 bridgehead atoms. The molecule has 9 heteroatoms. The SMILES string of the molecule is CN=C(N(C)Cc1ccc([I-]c2ccc(OC)cc2)c(F)c1)N1CN(C)C(=O)N(C)C1. The Morgan fingerprint density at radius 2 is 1.81 bits per heavy atom. The summed E-state index contributed by atoms with van der Waals surface area (Å²) in [5.41, 5.74) is 0.874. The van der Waals surface area contributed by atoms with Crippen molar-refractivity contribution in [3.63, 3.8) is 0 Å². The number of rotatable bonds is 5. The summed E-state index contributed by atoms with van der Waals surface area (Å²) in [4.78, 5) is 23.7. The molecular formula is C22H28FIN5O2-. The number of benzene rings is 2. The number of carbonyl (C=O) groups is 1. The van der Waals surface area contributed by atoms with E-state index >= 15 is 0 Å². The van der Waals surface area contributed by atoms with Gasteiger partial charge in [-0.05, 0) is 0 Å². The molecule has 1 heterocycles. The second kappa shape index (κ2) is 10.2. The van der Waals surface area contributed by atoms with Gasteiger partial charge in [0.2, 0.25) is 0 Å². The number of nitrogens with zero attached hydrogens (tertiary/aromatic N) is 5. The zero-order valence-electron chi connectivity index (χ0n) is 18.5. The van der Waals surface area contributed by atoms with Crippen molar-refractivity contribution in [1.82, 2.24) is 19.6 Å². The van der Waals surface area contributed by atoms with Crippen LogP contribution in [-0.4, -0.2) is 80.2 Å². The molecule has 31 heavy (non-hydrogen) atoms. The Bertz CT molecular complexity index is 939. The van der Waals surface area contributed by atoms with Crippen LogP contribution in [0, 0.1) is 13.0 Å². The number of ether oxygens (including phenoxy) is 1. The van der Waals surface area contributed by atoms with E-state index in [2.05, 4.69) is 4.99 Å². The molecule has 0 saturated carbocycles. The Balaban J connectivity index is 1.67. The van der Waals surface area contributed by atoms with Crippen molar-refractivity contribution in [2.45, 2.75) is 6.54 Å². The quantitative estimate of drug-likeness (QED) is 0.294. The van der Waals surface area contributed by atoms with Gasteiger partial charge < -0.3 is 0 Å². The molecule has 0 aromatic heterocycles. The third kappa shape index (κ3) is 5.57. The Morgan fingerprint density at radius 3 is 2.35 bits per heavy atom. The summed E-state index contributed by atoms with van der Waals surface area (Å²) in [5.74, 6) is 1.38. The van der Waals surface area contributed by atoms with Crippen LogP contribution in [0.25, 0.3) is 0 Å². The van der Waals surface area contributed by atoms with E-state index in [1.54, 1.807) is 44.1 Å². The van der Waals surface area contributed by atoms with Gasteiger partial charge in [0.05, 0.1) is 0 Å². The number of aliphatic imine (C=N–C) groups is 1. The van der Waals surface area contributed by atoms with Gasteiger partial charge in [0.25, 0.3) is 0 Å². The fraction of sp³-hybridized carbons (Fsp3) is 0.364. The minimum absolute atomic E-state index is 0.0211. The van der Waals surface area contributed by atoms with Crippen molar-refractivity contribution < 1.29 is 35.1 Å². The maximum atomic E-state index is 14.8. The second-order valence-electron chi connectivity index (χ2n) is 7.38. The average molecular weight is 540 g/mol. The van der Waals surface area contributed by atoms with E-state index in [9.17, 15) is 9.18 Å². The Hall–Kier alpha value is -2.56. The van der Waals surface area contributed by atoms with E-state index in [0.717, 1.165) is 24.4 Å². The number of methoxy groups -OCH3 is 1. The van der Waals surface area contributed by atoms with Crippen molar-refractivity contribution in [2.75, 3.05) is 48.6 Å². The minimum atomic E-state index is -0.606. The normalized spacial score (nSPS) is 15.0. The van der Waals surface area contributed by atoms with Crippen molar-refractivity contribution in [3.05, 3.63) is 61.0 Å². The molecule has 1 fully saturated rings. The van der Waals surface area contributed by atoms with Crippen molar-refractivity contribution >= 4 is 12.0 Å². The van der Waals surface area contributed by atoms with Crippen LogP contribution in [0.2, 0.25) is 0 Å². The van der Waals surface area contributed by atoms with E-state index in [-0.39, 0.29) is 11.8 Å². The maximum absolute atomic E-state index is 14.8. The van der Waals surface area contributed by atoms with Crippen molar-refractivity contribution in [2.24, 2.45) is 4.99 Å². The average Bonchev–Trinajstić information content (AvgIpc) is 2.75. The molecule has 2 aromatic rings. The van der Waals surface area contributed by atoms with E-state index in [0.29, 0.717) is 19.9 Å². The standard InChI is InChI=1S/C22H28FIN5O2/c1-25-21(29-14-27(3)22(30)28(4)15-29)26(2)13-16-6-11-20(19(23)12-16)24-17-7-9-18(31-5)10-8-17/h6-12H,13-15H2,1-5H3/q-1. The number of carbonyl (C=O) groups excluding carboxylic acids is 1. The van der Waals surface area contributed by atoms with Crippen LogP contribution in [0.15, 0.2) is 47.5 Å². The Labute approximate surface area is 193 Å². The predicted octanol–water partition coefficient (Wildman–Crippen LogP) is -0.405. The van der Waals surface area contributed by atoms with Crippen LogP contribution in [0.4, 0.5) is 9.18 Å². The number of amides is 2. The molecule has 3 rings (SSSR count). The van der Waals surface area contributed by atoms with Gasteiger partial charge in [-0.3, -0.25) is 0 Å². The summed E-state index contributed by atoms with van der Waals surface area (Å²) in [6.07, 6.45) is 0. The van der Waals surface area contributed by atoms with Gasteiger partial charge >= 0.3 is 194 Å². The fourth-order valence-corrected chi connectivity index (χ4v) is 5.62. The van der Waals surface area contributed by atoms with Gasteiger partial charge in [-0.25, -0.2) is 0 Å². The molecule has 1 aliphatic heterocycles. The molecule has 0 N–H and O–H groups in total. The van der Waals surface area contributed by atoms with Gasteiger partial charge in [0.1, 0.15) is 0 Å². The van der Waals surface area contributed by atoms with Gasteiger partial charge in [-0.2, -0.15) is 0 Å². The molecule has 1 saturated heterocycles. The van der Waals surface area contributed by atoms with Crippen LogP contribution in [0.3, 0.4) is 0 Å². The summed E-state index contributed by atoms with van der Waals surface area (Å²) in [6.45, 7) is 1.43. The molecule has 0 aliphatic carbocycles. The zero-order valence-corrected chi connectivity index (χ0v) is 20.6. The van der Waals surface area contributed by atoms with Gasteiger partial charge in [-0.15, -0.1) is 0 Å². The molecule has 0 radical (unpaired) electrons. The molecule has 0 atom stereocenters. The first-order valence-corrected chi connectivity index (χ1v) is 11.9.